The van der Waals surface area contributed by atoms with Crippen LogP contribution in [0.2, 0.25) is 0 Å². The van der Waals surface area contributed by atoms with Crippen LogP contribution in [0.4, 0.5) is 0 Å². The van der Waals surface area contributed by atoms with E-state index in [-0.39, 0.29) is 12.0 Å². The summed E-state index contributed by atoms with van der Waals surface area (Å²) < 4.78 is 10.3. The second-order valence-corrected chi connectivity index (χ2v) is 7.03. The Morgan fingerprint density at radius 3 is 2.06 bits per heavy atom. The standard InChI is InChI=1S/C10H20N2O3S2Se/c1-14-9(13)7(11)3-5-16-17-6-4-8(12)10(18)15-2/h7-8H,3-6,11-12H2,1-2H3/t7-,8-/m0/s1. The topological polar surface area (TPSA) is 87.6 Å². The normalized spacial score (nSPS) is 13.8. The van der Waals surface area contributed by atoms with Gasteiger partial charge in [-0.25, -0.2) is 0 Å². The fourth-order valence-corrected chi connectivity index (χ4v) is 3.47. The van der Waals surface area contributed by atoms with Gasteiger partial charge in [-0.05, 0) is 0 Å². The Balaban J connectivity index is 3.46. The molecule has 0 rings (SSSR count). The third-order valence-corrected chi connectivity index (χ3v) is 5.57. The zero-order valence-electron chi connectivity index (χ0n) is 10.6. The van der Waals surface area contributed by atoms with Crippen molar-refractivity contribution in [1.29, 1.82) is 0 Å². The minimum atomic E-state index is -0.524. The molecule has 0 fully saturated rings. The summed E-state index contributed by atoms with van der Waals surface area (Å²) >= 11 is 2.80. The van der Waals surface area contributed by atoms with E-state index in [1.165, 1.54) is 7.11 Å². The number of methoxy groups -OCH3 is 2. The van der Waals surface area contributed by atoms with Crippen molar-refractivity contribution in [2.75, 3.05) is 25.7 Å². The molecule has 0 heterocycles. The summed E-state index contributed by atoms with van der Waals surface area (Å²) in [4.78, 5) is 11.0. The Morgan fingerprint density at radius 2 is 1.61 bits per heavy atom. The van der Waals surface area contributed by atoms with E-state index in [1.807, 2.05) is 0 Å². The number of carbonyl (C=O) groups is 1. The molecule has 0 radical (unpaired) electrons. The van der Waals surface area contributed by atoms with Gasteiger partial charge in [0.15, 0.2) is 0 Å². The van der Waals surface area contributed by atoms with Crippen molar-refractivity contribution in [1.82, 2.24) is 0 Å². The van der Waals surface area contributed by atoms with Crippen molar-refractivity contribution in [3.8, 4) is 0 Å². The molecule has 0 aliphatic rings. The molecule has 0 aromatic rings. The van der Waals surface area contributed by atoms with E-state index in [9.17, 15) is 4.79 Å². The molecule has 5 nitrogen and oxygen atoms in total. The van der Waals surface area contributed by atoms with Gasteiger partial charge >= 0.3 is 124 Å². The maximum atomic E-state index is 11.0. The summed E-state index contributed by atoms with van der Waals surface area (Å²) in [6.07, 6.45) is 1.46. The Bertz CT molecular complexity index is 244. The monoisotopic (exact) mass is 360 g/mol. The molecule has 2 atom stereocenters. The Labute approximate surface area is 124 Å². The van der Waals surface area contributed by atoms with E-state index >= 15 is 0 Å². The number of carbonyl (C=O) groups excluding carboxylic acids is 1. The van der Waals surface area contributed by atoms with Gasteiger partial charge in [0.2, 0.25) is 0 Å². The van der Waals surface area contributed by atoms with Gasteiger partial charge in [0.05, 0.1) is 0 Å². The molecule has 4 N–H and O–H groups in total. The molecular formula is C10H20N2O3S2Se. The zero-order chi connectivity index (χ0) is 14.0. The number of rotatable bonds is 10. The van der Waals surface area contributed by atoms with Crippen LogP contribution in [0, 0.1) is 0 Å². The molecule has 0 unspecified atom stereocenters. The first-order valence-corrected chi connectivity index (χ1v) is 8.78. The summed E-state index contributed by atoms with van der Waals surface area (Å²) in [5.74, 6) is 1.38. The van der Waals surface area contributed by atoms with Crippen LogP contribution in [0.25, 0.3) is 0 Å². The second kappa shape index (κ2) is 11.1. The average Bonchev–Trinajstić information content (AvgIpc) is 2.39. The molecule has 18 heavy (non-hydrogen) atoms. The minimum absolute atomic E-state index is 0.0690. The first-order valence-electron chi connectivity index (χ1n) is 5.44. The number of hydrogen-bond donors (Lipinski definition) is 2. The molecule has 0 aliphatic carbocycles. The van der Waals surface area contributed by atoms with Gasteiger partial charge < -0.3 is 0 Å². The number of hydrogen-bond acceptors (Lipinski definition) is 7. The summed E-state index contributed by atoms with van der Waals surface area (Å²) in [5, 5.41) is 0. The molecule has 0 saturated carbocycles. The van der Waals surface area contributed by atoms with Gasteiger partial charge in [0.25, 0.3) is 0 Å². The van der Waals surface area contributed by atoms with Gasteiger partial charge in [-0.3, -0.25) is 0 Å². The van der Waals surface area contributed by atoms with E-state index in [4.69, 9.17) is 16.2 Å². The quantitative estimate of drug-likeness (QED) is 0.244. The summed E-state index contributed by atoms with van der Waals surface area (Å²) in [6.45, 7) is 0. The predicted molar refractivity (Wildman–Crippen MR) is 79.9 cm³/mol. The van der Waals surface area contributed by atoms with Crippen molar-refractivity contribution in [3.63, 3.8) is 0 Å². The molecule has 0 spiro atoms. The van der Waals surface area contributed by atoms with Crippen molar-refractivity contribution >= 4 is 47.7 Å². The predicted octanol–water partition coefficient (Wildman–Crippen LogP) is -0.0796. The Hall–Kier alpha value is 0.279. The summed E-state index contributed by atoms with van der Waals surface area (Å²) in [5.41, 5.74) is 11.5. The van der Waals surface area contributed by atoms with Crippen LogP contribution in [0.5, 0.6) is 0 Å². The molecule has 0 amide bonds. The maximum absolute atomic E-state index is 11.0. The van der Waals surface area contributed by atoms with Gasteiger partial charge in [0.1, 0.15) is 0 Å². The van der Waals surface area contributed by atoms with Crippen molar-refractivity contribution in [3.05, 3.63) is 0 Å². The summed E-state index contributed by atoms with van der Waals surface area (Å²) in [6, 6.07) is -0.593. The number of nitrogens with two attached hydrogens (primary N) is 2. The van der Waals surface area contributed by atoms with Crippen LogP contribution in [0.3, 0.4) is 0 Å². The van der Waals surface area contributed by atoms with Crippen LogP contribution in [0.15, 0.2) is 0 Å². The average molecular weight is 359 g/mol. The second-order valence-electron chi connectivity index (χ2n) is 3.48. The third kappa shape index (κ3) is 8.39. The van der Waals surface area contributed by atoms with Crippen molar-refractivity contribution in [2.45, 2.75) is 24.9 Å². The van der Waals surface area contributed by atoms with E-state index in [2.05, 4.69) is 20.3 Å². The molecular weight excluding hydrogens is 339 g/mol. The Morgan fingerprint density at radius 1 is 1.11 bits per heavy atom. The fourth-order valence-electron chi connectivity index (χ4n) is 1.01. The molecule has 0 aromatic heterocycles. The molecule has 106 valence electrons. The van der Waals surface area contributed by atoms with Crippen LogP contribution in [0.1, 0.15) is 12.8 Å². The zero-order valence-corrected chi connectivity index (χ0v) is 13.9. The molecule has 0 saturated heterocycles. The first-order chi connectivity index (χ1) is 8.52. The van der Waals surface area contributed by atoms with E-state index < -0.39 is 6.04 Å². The van der Waals surface area contributed by atoms with Crippen molar-refractivity contribution < 1.29 is 14.3 Å². The van der Waals surface area contributed by atoms with Gasteiger partial charge in [-0.2, -0.15) is 0 Å². The van der Waals surface area contributed by atoms with Gasteiger partial charge in [-0.15, -0.1) is 0 Å². The van der Waals surface area contributed by atoms with E-state index in [0.29, 0.717) is 6.42 Å². The fraction of sp³-hybridized carbons (Fsp3) is 0.800. The van der Waals surface area contributed by atoms with E-state index in [1.54, 1.807) is 28.7 Å². The van der Waals surface area contributed by atoms with Crippen molar-refractivity contribution in [2.24, 2.45) is 11.5 Å². The van der Waals surface area contributed by atoms with Gasteiger partial charge in [-0.1, -0.05) is 0 Å². The molecule has 0 bridgehead atoms. The molecule has 8 heteroatoms. The first kappa shape index (κ1) is 18.3. The van der Waals surface area contributed by atoms with Crippen LogP contribution >= 0.6 is 21.6 Å². The Kier molecular flexibility index (Phi) is 11.3. The SMILES string of the molecule is COC(=O)[C@@H](N)CCSSCC[C@H](N)C(=[Se])OC. The number of ether oxygens (including phenoxy) is 2. The third-order valence-electron chi connectivity index (χ3n) is 2.12. The molecule has 0 aliphatic heterocycles. The van der Waals surface area contributed by atoms with Gasteiger partial charge in [0, 0.05) is 0 Å². The van der Waals surface area contributed by atoms with E-state index in [0.717, 1.165) is 22.5 Å². The number of esters is 1. The summed E-state index contributed by atoms with van der Waals surface area (Å²) in [7, 11) is 6.34. The van der Waals surface area contributed by atoms with Crippen LogP contribution < -0.4 is 11.5 Å². The van der Waals surface area contributed by atoms with Crippen LogP contribution in [-0.4, -0.2) is 64.0 Å². The van der Waals surface area contributed by atoms with Crippen LogP contribution in [-0.2, 0) is 14.3 Å². The molecule has 0 aromatic carbocycles.